The van der Waals surface area contributed by atoms with E-state index in [0.29, 0.717) is 11.1 Å². The van der Waals surface area contributed by atoms with Gasteiger partial charge in [-0.25, -0.2) is 4.68 Å². The van der Waals surface area contributed by atoms with Crippen molar-refractivity contribution in [2.75, 3.05) is 0 Å². The number of aromatic hydroxyl groups is 2. The SMILES string of the molecule is C=C(NNC(=O)Cn1nnc2ccccc21)c1ccc(O)cc1O. The van der Waals surface area contributed by atoms with E-state index in [2.05, 4.69) is 27.7 Å². The lowest BCUT2D eigenvalue weighted by atomic mass is 10.1. The fourth-order valence-electron chi connectivity index (χ4n) is 2.20. The number of phenols is 2. The minimum atomic E-state index is -0.356. The average molecular weight is 325 g/mol. The summed E-state index contributed by atoms with van der Waals surface area (Å²) in [5.41, 5.74) is 7.20. The van der Waals surface area contributed by atoms with E-state index in [9.17, 15) is 15.0 Å². The molecule has 24 heavy (non-hydrogen) atoms. The lowest BCUT2D eigenvalue weighted by Crippen LogP contribution is -2.38. The van der Waals surface area contributed by atoms with Gasteiger partial charge in [0.15, 0.2) is 0 Å². The maximum atomic E-state index is 12.0. The first-order chi connectivity index (χ1) is 11.5. The minimum absolute atomic E-state index is 0.0254. The van der Waals surface area contributed by atoms with Gasteiger partial charge in [-0.05, 0) is 24.3 Å². The Kier molecular flexibility index (Phi) is 4.02. The maximum absolute atomic E-state index is 12.0. The van der Waals surface area contributed by atoms with Crippen LogP contribution in [0.4, 0.5) is 0 Å². The van der Waals surface area contributed by atoms with Crippen LogP contribution in [0.5, 0.6) is 11.5 Å². The van der Waals surface area contributed by atoms with Crippen LogP contribution in [-0.4, -0.2) is 31.1 Å². The highest BCUT2D eigenvalue weighted by Crippen LogP contribution is 2.26. The van der Waals surface area contributed by atoms with Crippen LogP contribution in [0, 0.1) is 0 Å². The third-order valence-corrected chi connectivity index (χ3v) is 3.37. The van der Waals surface area contributed by atoms with Gasteiger partial charge in [0.05, 0.1) is 11.2 Å². The Labute approximate surface area is 137 Å². The molecule has 0 saturated heterocycles. The van der Waals surface area contributed by atoms with Crippen molar-refractivity contribution in [3.05, 3.63) is 54.6 Å². The standard InChI is InChI=1S/C16H15N5O3/c1-10(12-7-6-11(22)8-15(12)23)17-19-16(24)9-21-14-5-3-2-4-13(14)18-20-21/h2-8,17,22-23H,1,9H2,(H,19,24). The van der Waals surface area contributed by atoms with E-state index in [1.165, 1.54) is 22.9 Å². The molecule has 3 aromatic rings. The lowest BCUT2D eigenvalue weighted by Gasteiger charge is -2.12. The van der Waals surface area contributed by atoms with E-state index < -0.39 is 0 Å². The number of hydrogen-bond acceptors (Lipinski definition) is 6. The maximum Gasteiger partial charge on any atom is 0.260 e. The molecular weight excluding hydrogens is 310 g/mol. The summed E-state index contributed by atoms with van der Waals surface area (Å²) in [5, 5.41) is 26.9. The van der Waals surface area contributed by atoms with Crippen LogP contribution in [-0.2, 0) is 11.3 Å². The van der Waals surface area contributed by atoms with Crippen molar-refractivity contribution in [2.45, 2.75) is 6.54 Å². The second-order valence-electron chi connectivity index (χ2n) is 5.09. The van der Waals surface area contributed by atoms with Crippen molar-refractivity contribution in [2.24, 2.45) is 0 Å². The number of nitrogens with zero attached hydrogens (tertiary/aromatic N) is 3. The van der Waals surface area contributed by atoms with Crippen LogP contribution in [0.25, 0.3) is 16.7 Å². The van der Waals surface area contributed by atoms with E-state index in [1.807, 2.05) is 24.3 Å². The molecule has 1 aromatic heterocycles. The Morgan fingerprint density at radius 1 is 1.17 bits per heavy atom. The van der Waals surface area contributed by atoms with Gasteiger partial charge in [0.25, 0.3) is 5.91 Å². The number of hydrazine groups is 1. The van der Waals surface area contributed by atoms with Crippen molar-refractivity contribution in [1.29, 1.82) is 0 Å². The number of carbonyl (C=O) groups excluding carboxylic acids is 1. The Bertz CT molecular complexity index is 919. The highest BCUT2D eigenvalue weighted by Gasteiger charge is 2.10. The quantitative estimate of drug-likeness (QED) is 0.523. The van der Waals surface area contributed by atoms with Crippen molar-refractivity contribution < 1.29 is 15.0 Å². The third kappa shape index (κ3) is 3.12. The molecule has 0 unspecified atom stereocenters. The van der Waals surface area contributed by atoms with E-state index >= 15 is 0 Å². The van der Waals surface area contributed by atoms with Gasteiger partial charge in [-0.2, -0.15) is 0 Å². The Morgan fingerprint density at radius 2 is 1.96 bits per heavy atom. The molecule has 0 aliphatic heterocycles. The molecule has 3 rings (SSSR count). The zero-order valence-electron chi connectivity index (χ0n) is 12.6. The molecule has 0 bridgehead atoms. The molecule has 8 heteroatoms. The zero-order chi connectivity index (χ0) is 17.1. The van der Waals surface area contributed by atoms with Crippen molar-refractivity contribution in [3.8, 4) is 11.5 Å². The lowest BCUT2D eigenvalue weighted by molar-refractivity contribution is -0.122. The van der Waals surface area contributed by atoms with Crippen molar-refractivity contribution >= 4 is 22.6 Å². The molecule has 0 atom stereocenters. The zero-order valence-corrected chi connectivity index (χ0v) is 12.6. The number of aromatic nitrogens is 3. The number of carbonyl (C=O) groups is 1. The molecule has 2 aromatic carbocycles. The number of hydrogen-bond donors (Lipinski definition) is 4. The number of amides is 1. The first-order valence-corrected chi connectivity index (χ1v) is 7.09. The number of nitrogens with one attached hydrogen (secondary N) is 2. The van der Waals surface area contributed by atoms with Crippen LogP contribution in [0.3, 0.4) is 0 Å². The van der Waals surface area contributed by atoms with Crippen LogP contribution < -0.4 is 10.9 Å². The van der Waals surface area contributed by atoms with Gasteiger partial charge >= 0.3 is 0 Å². The van der Waals surface area contributed by atoms with E-state index in [1.54, 1.807) is 0 Å². The first kappa shape index (κ1) is 15.3. The number of para-hydroxylation sites is 1. The van der Waals surface area contributed by atoms with E-state index in [-0.39, 0.29) is 29.6 Å². The second-order valence-corrected chi connectivity index (χ2v) is 5.09. The second kappa shape index (κ2) is 6.29. The molecular formula is C16H15N5O3. The van der Waals surface area contributed by atoms with E-state index in [0.717, 1.165) is 5.52 Å². The van der Waals surface area contributed by atoms with Gasteiger partial charge in [0.1, 0.15) is 23.6 Å². The van der Waals surface area contributed by atoms with Crippen molar-refractivity contribution in [1.82, 2.24) is 25.8 Å². The highest BCUT2D eigenvalue weighted by molar-refractivity contribution is 5.80. The third-order valence-electron chi connectivity index (χ3n) is 3.37. The number of fused-ring (bicyclic) bond motifs is 1. The molecule has 0 aliphatic carbocycles. The van der Waals surface area contributed by atoms with E-state index in [4.69, 9.17) is 0 Å². The molecule has 4 N–H and O–H groups in total. The summed E-state index contributed by atoms with van der Waals surface area (Å²) in [6.45, 7) is 3.71. The van der Waals surface area contributed by atoms with Gasteiger partial charge in [-0.15, -0.1) is 5.10 Å². The van der Waals surface area contributed by atoms with Gasteiger partial charge < -0.3 is 10.2 Å². The smallest absolute Gasteiger partial charge is 0.260 e. The summed E-state index contributed by atoms with van der Waals surface area (Å²) < 4.78 is 1.48. The molecule has 0 fully saturated rings. The van der Waals surface area contributed by atoms with Gasteiger partial charge in [-0.1, -0.05) is 23.9 Å². The number of rotatable bonds is 5. The van der Waals surface area contributed by atoms with Gasteiger partial charge in [-0.3, -0.25) is 15.6 Å². The van der Waals surface area contributed by atoms with Crippen molar-refractivity contribution in [3.63, 3.8) is 0 Å². The Balaban J connectivity index is 1.62. The summed E-state index contributed by atoms with van der Waals surface area (Å²) in [4.78, 5) is 12.0. The Morgan fingerprint density at radius 3 is 2.75 bits per heavy atom. The largest absolute Gasteiger partial charge is 0.508 e. The first-order valence-electron chi connectivity index (χ1n) is 7.09. The van der Waals surface area contributed by atoms with Crippen LogP contribution >= 0.6 is 0 Å². The summed E-state index contributed by atoms with van der Waals surface area (Å²) in [5.74, 6) is -0.569. The molecule has 8 nitrogen and oxygen atoms in total. The molecule has 122 valence electrons. The summed E-state index contributed by atoms with van der Waals surface area (Å²) in [7, 11) is 0. The summed E-state index contributed by atoms with van der Waals surface area (Å²) in [6, 6.07) is 11.4. The number of phenolic OH excluding ortho intramolecular Hbond substituents is 2. The number of benzene rings is 2. The molecule has 0 saturated carbocycles. The van der Waals surface area contributed by atoms with Crippen LogP contribution in [0.1, 0.15) is 5.56 Å². The predicted octanol–water partition coefficient (Wildman–Crippen LogP) is 1.13. The molecule has 0 aliphatic rings. The normalized spacial score (nSPS) is 10.5. The summed E-state index contributed by atoms with van der Waals surface area (Å²) >= 11 is 0. The van der Waals surface area contributed by atoms with Gasteiger partial charge in [0.2, 0.25) is 0 Å². The fourth-order valence-corrected chi connectivity index (χ4v) is 2.20. The Hall–Kier alpha value is -3.55. The average Bonchev–Trinajstić information content (AvgIpc) is 2.96. The highest BCUT2D eigenvalue weighted by atomic mass is 16.3. The molecule has 0 spiro atoms. The molecule has 0 radical (unpaired) electrons. The predicted molar refractivity (Wildman–Crippen MR) is 87.6 cm³/mol. The van der Waals surface area contributed by atoms with Crippen LogP contribution in [0.2, 0.25) is 0 Å². The fraction of sp³-hybridized carbons (Fsp3) is 0.0625. The van der Waals surface area contributed by atoms with Crippen LogP contribution in [0.15, 0.2) is 49.0 Å². The minimum Gasteiger partial charge on any atom is -0.508 e. The topological polar surface area (TPSA) is 112 Å². The monoisotopic (exact) mass is 325 g/mol. The molecule has 1 heterocycles. The van der Waals surface area contributed by atoms with Gasteiger partial charge in [0, 0.05) is 11.6 Å². The molecule has 1 amide bonds. The summed E-state index contributed by atoms with van der Waals surface area (Å²) in [6.07, 6.45) is 0.